The minimum Gasteiger partial charge on any atom is -0.476 e. The van der Waals surface area contributed by atoms with Gasteiger partial charge >= 0.3 is 5.97 Å². The first kappa shape index (κ1) is 13.0. The normalized spacial score (nSPS) is 10.2. The number of thiocarbonyl (C=S) groups is 1. The second kappa shape index (κ2) is 5.02. The third-order valence-corrected chi connectivity index (χ3v) is 2.37. The molecule has 0 saturated carbocycles. The third-order valence-electron chi connectivity index (χ3n) is 2.27. The van der Waals surface area contributed by atoms with Gasteiger partial charge in [0.15, 0.2) is 16.6 Å². The van der Waals surface area contributed by atoms with Gasteiger partial charge in [0.25, 0.3) is 0 Å². The molecule has 1 aromatic heterocycles. The largest absolute Gasteiger partial charge is 0.476 e. The average molecular weight is 280 g/mol. The molecule has 0 radical (unpaired) electrons. The van der Waals surface area contributed by atoms with Crippen LogP contribution in [0.3, 0.4) is 0 Å². The molecule has 2 rings (SSSR count). The molecule has 0 unspecified atom stereocenters. The summed E-state index contributed by atoms with van der Waals surface area (Å²) in [4.78, 5) is 10.7. The Balaban J connectivity index is 2.34. The molecule has 6 nitrogen and oxygen atoms in total. The van der Waals surface area contributed by atoms with E-state index in [0.29, 0.717) is 5.69 Å². The van der Waals surface area contributed by atoms with Gasteiger partial charge in [-0.2, -0.15) is 5.10 Å². The van der Waals surface area contributed by atoms with Crippen LogP contribution in [0.5, 0.6) is 0 Å². The molecule has 0 fully saturated rings. The molecule has 8 heteroatoms. The fourth-order valence-corrected chi connectivity index (χ4v) is 1.60. The van der Waals surface area contributed by atoms with Crippen LogP contribution in [0.4, 0.5) is 10.1 Å². The van der Waals surface area contributed by atoms with Gasteiger partial charge in [0, 0.05) is 11.9 Å². The highest BCUT2D eigenvalue weighted by Crippen LogP contribution is 2.18. The van der Waals surface area contributed by atoms with Crippen LogP contribution in [0.25, 0.3) is 5.69 Å². The minimum absolute atomic E-state index is 0.0272. The fourth-order valence-electron chi connectivity index (χ4n) is 1.48. The van der Waals surface area contributed by atoms with E-state index in [1.54, 1.807) is 6.07 Å². The number of nitrogens with zero attached hydrogens (tertiary/aromatic N) is 2. The predicted molar refractivity (Wildman–Crippen MR) is 70.9 cm³/mol. The van der Waals surface area contributed by atoms with E-state index in [0.717, 1.165) is 4.68 Å². The Labute approximate surface area is 112 Å². The molecule has 1 heterocycles. The molecule has 2 aromatic rings. The summed E-state index contributed by atoms with van der Waals surface area (Å²) in [7, 11) is 0. The molecule has 98 valence electrons. The zero-order valence-corrected chi connectivity index (χ0v) is 10.3. The van der Waals surface area contributed by atoms with Crippen LogP contribution in [0, 0.1) is 5.82 Å². The number of carboxylic acid groups (broad SMARTS) is 1. The molecule has 0 aliphatic heterocycles. The van der Waals surface area contributed by atoms with E-state index >= 15 is 0 Å². The molecule has 1 aromatic carbocycles. The summed E-state index contributed by atoms with van der Waals surface area (Å²) in [5.41, 5.74) is 5.64. The van der Waals surface area contributed by atoms with Crippen molar-refractivity contribution < 1.29 is 14.3 Å². The fraction of sp³-hybridized carbons (Fsp3) is 0. The van der Waals surface area contributed by atoms with Gasteiger partial charge in [-0.15, -0.1) is 0 Å². The Morgan fingerprint density at radius 3 is 2.74 bits per heavy atom. The number of hydrogen-bond donors (Lipinski definition) is 3. The molecule has 0 spiro atoms. The smallest absolute Gasteiger partial charge is 0.356 e. The Morgan fingerprint density at radius 2 is 2.21 bits per heavy atom. The number of carbonyl (C=O) groups is 1. The van der Waals surface area contributed by atoms with Crippen LogP contribution in [0.2, 0.25) is 0 Å². The van der Waals surface area contributed by atoms with Gasteiger partial charge in [0.05, 0.1) is 0 Å². The molecule has 0 aliphatic rings. The van der Waals surface area contributed by atoms with E-state index in [-0.39, 0.29) is 16.5 Å². The number of nitrogens with two attached hydrogens (primary N) is 1. The van der Waals surface area contributed by atoms with Crippen LogP contribution in [0.15, 0.2) is 30.5 Å². The highest BCUT2D eigenvalue weighted by atomic mass is 32.1. The second-order valence-electron chi connectivity index (χ2n) is 3.61. The average Bonchev–Trinajstić information content (AvgIpc) is 2.77. The van der Waals surface area contributed by atoms with Crippen LogP contribution in [0.1, 0.15) is 10.5 Å². The van der Waals surface area contributed by atoms with E-state index < -0.39 is 11.8 Å². The SMILES string of the molecule is NC(=S)Nc1ccc(-n2ccc(C(=O)O)n2)c(F)c1. The molecule has 0 saturated heterocycles. The van der Waals surface area contributed by atoms with E-state index in [9.17, 15) is 9.18 Å². The summed E-state index contributed by atoms with van der Waals surface area (Å²) >= 11 is 4.64. The lowest BCUT2D eigenvalue weighted by atomic mass is 10.2. The second-order valence-corrected chi connectivity index (χ2v) is 4.05. The summed E-state index contributed by atoms with van der Waals surface area (Å²) in [5.74, 6) is -1.76. The number of halogens is 1. The monoisotopic (exact) mass is 280 g/mol. The van der Waals surface area contributed by atoms with Crippen LogP contribution in [-0.2, 0) is 0 Å². The highest BCUT2D eigenvalue weighted by molar-refractivity contribution is 7.80. The summed E-state index contributed by atoms with van der Waals surface area (Å²) in [6.45, 7) is 0. The van der Waals surface area contributed by atoms with Gasteiger partial charge in [0.2, 0.25) is 0 Å². The third kappa shape index (κ3) is 2.86. The Bertz CT molecular complexity index is 656. The zero-order chi connectivity index (χ0) is 14.0. The van der Waals surface area contributed by atoms with Crippen molar-refractivity contribution in [3.8, 4) is 5.69 Å². The first-order valence-electron chi connectivity index (χ1n) is 5.12. The maximum absolute atomic E-state index is 13.9. The van der Waals surface area contributed by atoms with Crippen LogP contribution in [-0.4, -0.2) is 26.0 Å². The van der Waals surface area contributed by atoms with Crippen molar-refractivity contribution in [1.82, 2.24) is 9.78 Å². The quantitative estimate of drug-likeness (QED) is 0.735. The lowest BCUT2D eigenvalue weighted by molar-refractivity contribution is 0.0690. The lowest BCUT2D eigenvalue weighted by Crippen LogP contribution is -2.19. The minimum atomic E-state index is -1.18. The Kier molecular flexibility index (Phi) is 3.43. The zero-order valence-electron chi connectivity index (χ0n) is 9.50. The van der Waals surface area contributed by atoms with Crippen molar-refractivity contribution in [3.05, 3.63) is 42.0 Å². The Morgan fingerprint density at radius 1 is 1.47 bits per heavy atom. The summed E-state index contributed by atoms with van der Waals surface area (Å²) in [6, 6.07) is 5.47. The molecule has 4 N–H and O–H groups in total. The lowest BCUT2D eigenvalue weighted by Gasteiger charge is -2.07. The Hall–Kier alpha value is -2.48. The summed E-state index contributed by atoms with van der Waals surface area (Å²) < 4.78 is 15.0. The number of carboxylic acids is 1. The molecule has 0 atom stereocenters. The van der Waals surface area contributed by atoms with Gasteiger partial charge in [0.1, 0.15) is 5.69 Å². The van der Waals surface area contributed by atoms with Gasteiger partial charge in [-0.25, -0.2) is 13.9 Å². The van der Waals surface area contributed by atoms with E-state index in [4.69, 9.17) is 10.8 Å². The van der Waals surface area contributed by atoms with Gasteiger partial charge < -0.3 is 16.2 Å². The predicted octanol–water partition coefficient (Wildman–Crippen LogP) is 1.37. The summed E-state index contributed by atoms with van der Waals surface area (Å²) in [5, 5.41) is 15.1. The van der Waals surface area contributed by atoms with Crippen molar-refractivity contribution >= 4 is 29.0 Å². The number of benzene rings is 1. The molecule has 0 aliphatic carbocycles. The van der Waals surface area contributed by atoms with Crippen molar-refractivity contribution in [2.24, 2.45) is 5.73 Å². The number of anilines is 1. The number of hydrogen-bond acceptors (Lipinski definition) is 3. The molecular formula is C11H9FN4O2S. The van der Waals surface area contributed by atoms with Gasteiger partial charge in [-0.1, -0.05) is 0 Å². The van der Waals surface area contributed by atoms with Gasteiger partial charge in [-0.05, 0) is 36.5 Å². The van der Waals surface area contributed by atoms with Crippen molar-refractivity contribution in [1.29, 1.82) is 0 Å². The standard InChI is InChI=1S/C11H9FN4O2S/c12-7-5-6(14-11(13)19)1-2-9(7)16-4-3-8(15-16)10(17)18/h1-5H,(H,17,18)(H3,13,14,19). The van der Waals surface area contributed by atoms with Crippen molar-refractivity contribution in [2.45, 2.75) is 0 Å². The van der Waals surface area contributed by atoms with Crippen LogP contribution < -0.4 is 11.1 Å². The maximum atomic E-state index is 13.9. The number of aromatic nitrogens is 2. The van der Waals surface area contributed by atoms with Crippen molar-refractivity contribution in [2.75, 3.05) is 5.32 Å². The van der Waals surface area contributed by atoms with E-state index in [1.165, 1.54) is 24.4 Å². The van der Waals surface area contributed by atoms with Crippen LogP contribution >= 0.6 is 12.2 Å². The molecular weight excluding hydrogens is 271 g/mol. The molecule has 19 heavy (non-hydrogen) atoms. The molecule has 0 bridgehead atoms. The van der Waals surface area contributed by atoms with Gasteiger partial charge in [-0.3, -0.25) is 0 Å². The number of nitrogens with one attached hydrogen (secondary N) is 1. The first-order valence-corrected chi connectivity index (χ1v) is 5.53. The molecule has 0 amide bonds. The summed E-state index contributed by atoms with van der Waals surface area (Å²) in [6.07, 6.45) is 1.36. The number of rotatable bonds is 3. The highest BCUT2D eigenvalue weighted by Gasteiger charge is 2.11. The maximum Gasteiger partial charge on any atom is 0.356 e. The van der Waals surface area contributed by atoms with Crippen molar-refractivity contribution in [3.63, 3.8) is 0 Å². The van der Waals surface area contributed by atoms with E-state index in [2.05, 4.69) is 22.6 Å². The van der Waals surface area contributed by atoms with E-state index in [1.807, 2.05) is 0 Å². The topological polar surface area (TPSA) is 93.2 Å². The number of aromatic carboxylic acids is 1. The first-order chi connectivity index (χ1) is 8.97.